The molecule has 0 aromatic heterocycles. The minimum absolute atomic E-state index is 0.702. The molecule has 4 aliphatic rings. The van der Waals surface area contributed by atoms with Crippen LogP contribution in [0.3, 0.4) is 0 Å². The summed E-state index contributed by atoms with van der Waals surface area (Å²) in [7, 11) is 0. The Morgan fingerprint density at radius 2 is 0.931 bits per heavy atom. The van der Waals surface area contributed by atoms with Gasteiger partial charge in [0.25, 0.3) is 0 Å². The van der Waals surface area contributed by atoms with Crippen molar-refractivity contribution in [2.45, 2.75) is 103 Å². The SMILES string of the molecule is CC(C)N1CCC(N2CCN(C3CCC4(CC3)CCN(C(C)C)CC4)CC2)CC1. The van der Waals surface area contributed by atoms with E-state index in [1.807, 2.05) is 0 Å². The van der Waals surface area contributed by atoms with Crippen LogP contribution in [0, 0.1) is 5.41 Å². The van der Waals surface area contributed by atoms with Gasteiger partial charge in [0.15, 0.2) is 0 Å². The van der Waals surface area contributed by atoms with Crippen molar-refractivity contribution in [3.8, 4) is 0 Å². The number of rotatable bonds is 4. The minimum atomic E-state index is 0.702. The third kappa shape index (κ3) is 5.19. The molecular weight excluding hydrogens is 356 g/mol. The summed E-state index contributed by atoms with van der Waals surface area (Å²) in [5.41, 5.74) is 0.702. The molecule has 1 saturated carbocycles. The number of piperidine rings is 2. The predicted octanol–water partition coefficient (Wildman–Crippen LogP) is 3.91. The number of hydrogen-bond donors (Lipinski definition) is 0. The highest BCUT2D eigenvalue weighted by Gasteiger charge is 2.40. The molecule has 1 aliphatic carbocycles. The molecule has 0 bridgehead atoms. The number of hydrogen-bond acceptors (Lipinski definition) is 4. The Morgan fingerprint density at radius 1 is 0.517 bits per heavy atom. The first kappa shape index (κ1) is 22.0. The Bertz CT molecular complexity index is 485. The molecular formula is C25H48N4. The Morgan fingerprint density at radius 3 is 1.38 bits per heavy atom. The molecule has 0 N–H and O–H groups in total. The van der Waals surface area contributed by atoms with Gasteiger partial charge in [-0.25, -0.2) is 0 Å². The van der Waals surface area contributed by atoms with Gasteiger partial charge >= 0.3 is 0 Å². The van der Waals surface area contributed by atoms with Crippen molar-refractivity contribution in [1.82, 2.24) is 19.6 Å². The summed E-state index contributed by atoms with van der Waals surface area (Å²) in [5, 5.41) is 0. The van der Waals surface area contributed by atoms with Gasteiger partial charge in [0.05, 0.1) is 0 Å². The van der Waals surface area contributed by atoms with Crippen molar-refractivity contribution >= 4 is 0 Å². The van der Waals surface area contributed by atoms with Gasteiger partial charge in [-0.2, -0.15) is 0 Å². The van der Waals surface area contributed by atoms with E-state index in [4.69, 9.17) is 0 Å². The van der Waals surface area contributed by atoms with E-state index in [0.29, 0.717) is 5.41 Å². The van der Waals surface area contributed by atoms with Crippen molar-refractivity contribution in [2.24, 2.45) is 5.41 Å². The largest absolute Gasteiger partial charge is 0.301 e. The lowest BCUT2D eigenvalue weighted by atomic mass is 9.66. The molecule has 1 spiro atoms. The van der Waals surface area contributed by atoms with Crippen LogP contribution < -0.4 is 0 Å². The summed E-state index contributed by atoms with van der Waals surface area (Å²) in [6.07, 6.45) is 11.6. The molecule has 29 heavy (non-hydrogen) atoms. The second-order valence-corrected chi connectivity index (χ2v) is 11.3. The zero-order valence-electron chi connectivity index (χ0n) is 19.9. The fraction of sp³-hybridized carbons (Fsp3) is 1.00. The molecule has 4 rings (SSSR count). The van der Waals surface area contributed by atoms with Crippen LogP contribution in [0.4, 0.5) is 0 Å². The maximum atomic E-state index is 2.87. The average Bonchev–Trinajstić information content (AvgIpc) is 2.75. The minimum Gasteiger partial charge on any atom is -0.301 e. The molecule has 0 unspecified atom stereocenters. The van der Waals surface area contributed by atoms with Crippen LogP contribution in [-0.2, 0) is 0 Å². The highest BCUT2D eigenvalue weighted by atomic mass is 15.3. The number of piperazine rings is 1. The van der Waals surface area contributed by atoms with Crippen molar-refractivity contribution in [3.63, 3.8) is 0 Å². The molecule has 0 aromatic rings. The van der Waals surface area contributed by atoms with E-state index in [2.05, 4.69) is 47.3 Å². The fourth-order valence-corrected chi connectivity index (χ4v) is 6.83. The zero-order valence-corrected chi connectivity index (χ0v) is 19.9. The summed E-state index contributed by atoms with van der Waals surface area (Å²) >= 11 is 0. The van der Waals surface area contributed by atoms with E-state index in [1.165, 1.54) is 104 Å². The van der Waals surface area contributed by atoms with Gasteiger partial charge in [-0.1, -0.05) is 0 Å². The van der Waals surface area contributed by atoms with Gasteiger partial charge in [-0.3, -0.25) is 9.80 Å². The van der Waals surface area contributed by atoms with Gasteiger partial charge in [0.2, 0.25) is 0 Å². The summed E-state index contributed by atoms with van der Waals surface area (Å²) in [6, 6.07) is 3.19. The Labute approximate surface area is 181 Å². The molecule has 0 atom stereocenters. The molecule has 0 amide bonds. The molecule has 4 nitrogen and oxygen atoms in total. The van der Waals surface area contributed by atoms with Crippen LogP contribution in [0.1, 0.15) is 79.1 Å². The molecule has 3 aliphatic heterocycles. The van der Waals surface area contributed by atoms with Gasteiger partial charge in [0.1, 0.15) is 0 Å². The van der Waals surface area contributed by atoms with Crippen LogP contribution in [0.25, 0.3) is 0 Å². The molecule has 168 valence electrons. The van der Waals surface area contributed by atoms with E-state index in [9.17, 15) is 0 Å². The van der Waals surface area contributed by atoms with Crippen molar-refractivity contribution in [1.29, 1.82) is 0 Å². The van der Waals surface area contributed by atoms with Crippen LogP contribution >= 0.6 is 0 Å². The van der Waals surface area contributed by atoms with E-state index in [0.717, 1.165) is 24.2 Å². The lowest BCUT2D eigenvalue weighted by Crippen LogP contribution is -2.56. The first-order chi connectivity index (χ1) is 14.0. The van der Waals surface area contributed by atoms with Crippen LogP contribution in [0.5, 0.6) is 0 Å². The van der Waals surface area contributed by atoms with E-state index < -0.39 is 0 Å². The normalized spacial score (nSPS) is 30.0. The Balaban J connectivity index is 1.18. The third-order valence-corrected chi connectivity index (χ3v) is 9.22. The lowest BCUT2D eigenvalue weighted by molar-refractivity contribution is -0.00147. The second kappa shape index (κ2) is 9.54. The van der Waals surface area contributed by atoms with Gasteiger partial charge in [0, 0.05) is 50.3 Å². The molecule has 3 heterocycles. The molecule has 4 heteroatoms. The van der Waals surface area contributed by atoms with E-state index >= 15 is 0 Å². The third-order valence-electron chi connectivity index (χ3n) is 9.22. The highest BCUT2D eigenvalue weighted by molar-refractivity contribution is 4.94. The second-order valence-electron chi connectivity index (χ2n) is 11.3. The molecule has 0 radical (unpaired) electrons. The summed E-state index contributed by atoms with van der Waals surface area (Å²) < 4.78 is 0. The van der Waals surface area contributed by atoms with Crippen molar-refractivity contribution in [2.75, 3.05) is 52.4 Å². The Hall–Kier alpha value is -0.160. The highest BCUT2D eigenvalue weighted by Crippen LogP contribution is 2.46. The zero-order chi connectivity index (χ0) is 20.4. The quantitative estimate of drug-likeness (QED) is 0.704. The first-order valence-electron chi connectivity index (χ1n) is 12.9. The monoisotopic (exact) mass is 404 g/mol. The topological polar surface area (TPSA) is 13.0 Å². The van der Waals surface area contributed by atoms with Crippen LogP contribution in [-0.4, -0.2) is 96.1 Å². The maximum absolute atomic E-state index is 2.87. The van der Waals surface area contributed by atoms with Crippen LogP contribution in [0.15, 0.2) is 0 Å². The van der Waals surface area contributed by atoms with E-state index in [1.54, 1.807) is 0 Å². The van der Waals surface area contributed by atoms with Crippen molar-refractivity contribution < 1.29 is 0 Å². The summed E-state index contributed by atoms with van der Waals surface area (Å²) in [6.45, 7) is 20.0. The van der Waals surface area contributed by atoms with E-state index in [-0.39, 0.29) is 0 Å². The van der Waals surface area contributed by atoms with Crippen LogP contribution in [0.2, 0.25) is 0 Å². The lowest BCUT2D eigenvalue weighted by Gasteiger charge is -2.50. The standard InChI is InChI=1S/C25H48N4/c1-21(2)26-13-7-24(8-14-26)29-19-17-28(18-20-29)23-5-9-25(10-6-23)11-15-27(16-12-25)22(3)4/h21-24H,5-20H2,1-4H3. The smallest absolute Gasteiger partial charge is 0.0121 e. The number of likely N-dealkylation sites (tertiary alicyclic amines) is 2. The summed E-state index contributed by atoms with van der Waals surface area (Å²) in [4.78, 5) is 11.1. The predicted molar refractivity (Wildman–Crippen MR) is 124 cm³/mol. The van der Waals surface area contributed by atoms with Gasteiger partial charge < -0.3 is 9.80 Å². The van der Waals surface area contributed by atoms with Crippen molar-refractivity contribution in [3.05, 3.63) is 0 Å². The first-order valence-corrected chi connectivity index (χ1v) is 12.9. The van der Waals surface area contributed by atoms with Gasteiger partial charge in [-0.15, -0.1) is 0 Å². The molecule has 0 aromatic carbocycles. The van der Waals surface area contributed by atoms with Gasteiger partial charge in [-0.05, 0) is 111 Å². The summed E-state index contributed by atoms with van der Waals surface area (Å²) in [5.74, 6) is 0. The molecule has 3 saturated heterocycles. The Kier molecular flexibility index (Phi) is 7.26. The number of nitrogens with zero attached hydrogens (tertiary/aromatic N) is 4. The molecule has 4 fully saturated rings. The fourth-order valence-electron chi connectivity index (χ4n) is 6.83. The maximum Gasteiger partial charge on any atom is 0.0121 e. The average molecular weight is 405 g/mol.